The second kappa shape index (κ2) is 4.09. The maximum Gasteiger partial charge on any atom is 0.0855 e. The molecule has 1 aromatic carbocycles. The van der Waals surface area contributed by atoms with Crippen LogP contribution in [0, 0.1) is 41.5 Å². The monoisotopic (exact) mass is 291 g/mol. The van der Waals surface area contributed by atoms with E-state index < -0.39 is 0 Å². The number of fused-ring (bicyclic) bond motifs is 1. The fourth-order valence-corrected chi connectivity index (χ4v) is 2.96. The first kappa shape index (κ1) is 12.6. The summed E-state index contributed by atoms with van der Waals surface area (Å²) in [5, 5.41) is 1.31. The molecular weight excluding hydrogens is 274 g/mol. The topological polar surface area (TPSA) is 12.9 Å². The number of rotatable bonds is 0. The first-order chi connectivity index (χ1) is 7.86. The lowest BCUT2D eigenvalue weighted by molar-refractivity contribution is 1.15. The van der Waals surface area contributed by atoms with Crippen molar-refractivity contribution < 1.29 is 0 Å². The molecule has 0 amide bonds. The van der Waals surface area contributed by atoms with Gasteiger partial charge >= 0.3 is 0 Å². The van der Waals surface area contributed by atoms with Crippen LogP contribution in [0.5, 0.6) is 0 Å². The predicted octanol–water partition coefficient (Wildman–Crippen LogP) is 4.85. The molecule has 0 atom stereocenters. The van der Waals surface area contributed by atoms with Gasteiger partial charge in [0.25, 0.3) is 0 Å². The van der Waals surface area contributed by atoms with Crippen LogP contribution in [0.4, 0.5) is 0 Å². The van der Waals surface area contributed by atoms with Crippen LogP contribution in [0.15, 0.2) is 4.47 Å². The van der Waals surface area contributed by atoms with Crippen LogP contribution >= 0.6 is 15.9 Å². The number of hydrogen-bond donors (Lipinski definition) is 0. The Balaban J connectivity index is 3.12. The summed E-state index contributed by atoms with van der Waals surface area (Å²) >= 11 is 3.70. The van der Waals surface area contributed by atoms with Gasteiger partial charge in [-0.3, -0.25) is 4.98 Å². The third-order valence-corrected chi connectivity index (χ3v) is 5.00. The fourth-order valence-electron chi connectivity index (χ4n) is 2.37. The highest BCUT2D eigenvalue weighted by Gasteiger charge is 2.15. The molecule has 0 aliphatic carbocycles. The quantitative estimate of drug-likeness (QED) is 0.676. The van der Waals surface area contributed by atoms with Crippen molar-refractivity contribution >= 4 is 26.8 Å². The largest absolute Gasteiger partial charge is 0.252 e. The van der Waals surface area contributed by atoms with Gasteiger partial charge in [-0.1, -0.05) is 0 Å². The number of aryl methyl sites for hydroxylation is 3. The number of aromatic nitrogens is 1. The summed E-state index contributed by atoms with van der Waals surface area (Å²) in [5.74, 6) is 0. The smallest absolute Gasteiger partial charge is 0.0855 e. The maximum atomic E-state index is 4.75. The normalized spacial score (nSPS) is 11.2. The van der Waals surface area contributed by atoms with E-state index in [-0.39, 0.29) is 0 Å². The van der Waals surface area contributed by atoms with Gasteiger partial charge in [-0.25, -0.2) is 0 Å². The molecule has 2 aromatic rings. The standard InChI is InChI=1S/C15H18BrN/c1-7-9(3)13-10(4)8(2)12(6)17-15(13)14(16)11(7)5/h1-6H3. The number of benzene rings is 1. The van der Waals surface area contributed by atoms with Crippen molar-refractivity contribution in [3.05, 3.63) is 38.0 Å². The molecule has 0 aliphatic heterocycles. The Morgan fingerprint density at radius 3 is 1.82 bits per heavy atom. The molecule has 0 fully saturated rings. The lowest BCUT2D eigenvalue weighted by atomic mass is 9.94. The molecular formula is C15H18BrN. The van der Waals surface area contributed by atoms with Gasteiger partial charge < -0.3 is 0 Å². The summed E-state index contributed by atoms with van der Waals surface area (Å²) in [5.41, 5.74) is 8.89. The highest BCUT2D eigenvalue weighted by molar-refractivity contribution is 9.10. The number of hydrogen-bond acceptors (Lipinski definition) is 1. The molecule has 2 heteroatoms. The van der Waals surface area contributed by atoms with Crippen molar-refractivity contribution in [2.45, 2.75) is 41.5 Å². The van der Waals surface area contributed by atoms with Crippen LogP contribution in [-0.4, -0.2) is 4.98 Å². The van der Waals surface area contributed by atoms with E-state index in [0.29, 0.717) is 0 Å². The number of nitrogens with zero attached hydrogens (tertiary/aromatic N) is 1. The van der Waals surface area contributed by atoms with Crippen molar-refractivity contribution in [3.8, 4) is 0 Å². The highest BCUT2D eigenvalue weighted by Crippen LogP contribution is 2.35. The summed E-state index contributed by atoms with van der Waals surface area (Å²) in [6.07, 6.45) is 0. The van der Waals surface area contributed by atoms with E-state index in [2.05, 4.69) is 57.5 Å². The lowest BCUT2D eigenvalue weighted by Gasteiger charge is -2.16. The van der Waals surface area contributed by atoms with Gasteiger partial charge in [0.2, 0.25) is 0 Å². The van der Waals surface area contributed by atoms with Crippen LogP contribution in [-0.2, 0) is 0 Å². The lowest BCUT2D eigenvalue weighted by Crippen LogP contribution is -2.00. The minimum Gasteiger partial charge on any atom is -0.252 e. The zero-order chi connectivity index (χ0) is 12.9. The summed E-state index contributed by atoms with van der Waals surface area (Å²) < 4.78 is 1.14. The van der Waals surface area contributed by atoms with Crippen LogP contribution in [0.2, 0.25) is 0 Å². The first-order valence-electron chi connectivity index (χ1n) is 5.89. The molecule has 2 rings (SSSR count). The summed E-state index contributed by atoms with van der Waals surface area (Å²) in [4.78, 5) is 4.75. The van der Waals surface area contributed by atoms with Crippen molar-refractivity contribution in [1.29, 1.82) is 0 Å². The molecule has 0 N–H and O–H groups in total. The van der Waals surface area contributed by atoms with Gasteiger partial charge in [0, 0.05) is 15.6 Å². The Hall–Kier alpha value is -0.890. The van der Waals surface area contributed by atoms with Crippen molar-refractivity contribution in [1.82, 2.24) is 4.98 Å². The average molecular weight is 292 g/mol. The molecule has 1 nitrogen and oxygen atoms in total. The second-order valence-corrected chi connectivity index (χ2v) is 5.65. The number of halogens is 1. The second-order valence-electron chi connectivity index (χ2n) is 4.86. The summed E-state index contributed by atoms with van der Waals surface area (Å²) in [6, 6.07) is 0. The molecule has 0 spiro atoms. The van der Waals surface area contributed by atoms with Gasteiger partial charge in [-0.05, 0) is 85.3 Å². The first-order valence-corrected chi connectivity index (χ1v) is 6.68. The minimum atomic E-state index is 1.10. The van der Waals surface area contributed by atoms with Gasteiger partial charge in [-0.2, -0.15) is 0 Å². The SMILES string of the molecule is Cc1nc2c(Br)c(C)c(C)c(C)c2c(C)c1C. The number of pyridine rings is 1. The minimum absolute atomic E-state index is 1.10. The molecule has 0 unspecified atom stereocenters. The van der Waals surface area contributed by atoms with Gasteiger partial charge in [0.1, 0.15) is 0 Å². The van der Waals surface area contributed by atoms with E-state index >= 15 is 0 Å². The highest BCUT2D eigenvalue weighted by atomic mass is 79.9. The molecule has 0 aliphatic rings. The summed E-state index contributed by atoms with van der Waals surface area (Å²) in [6.45, 7) is 13.0. The Labute approximate surface area is 111 Å². The van der Waals surface area contributed by atoms with E-state index in [1.807, 2.05) is 0 Å². The molecule has 0 saturated carbocycles. The van der Waals surface area contributed by atoms with Gasteiger partial charge in [0.05, 0.1) is 5.52 Å². The zero-order valence-electron chi connectivity index (χ0n) is 11.3. The molecule has 1 aromatic heterocycles. The summed E-state index contributed by atoms with van der Waals surface area (Å²) in [7, 11) is 0. The van der Waals surface area contributed by atoms with Gasteiger partial charge in [0.15, 0.2) is 0 Å². The average Bonchev–Trinajstić information content (AvgIpc) is 2.30. The molecule has 17 heavy (non-hydrogen) atoms. The van der Waals surface area contributed by atoms with Crippen LogP contribution < -0.4 is 0 Å². The van der Waals surface area contributed by atoms with E-state index in [0.717, 1.165) is 15.7 Å². The van der Waals surface area contributed by atoms with Crippen LogP contribution in [0.25, 0.3) is 10.9 Å². The van der Waals surface area contributed by atoms with Gasteiger partial charge in [-0.15, -0.1) is 0 Å². The molecule has 90 valence electrons. The predicted molar refractivity (Wildman–Crippen MR) is 77.9 cm³/mol. The fraction of sp³-hybridized carbons (Fsp3) is 0.400. The van der Waals surface area contributed by atoms with Crippen molar-refractivity contribution in [2.24, 2.45) is 0 Å². The zero-order valence-corrected chi connectivity index (χ0v) is 12.9. The third kappa shape index (κ3) is 1.70. The Morgan fingerprint density at radius 2 is 1.24 bits per heavy atom. The van der Waals surface area contributed by atoms with E-state index in [4.69, 9.17) is 4.98 Å². The van der Waals surface area contributed by atoms with E-state index in [1.165, 1.54) is 33.2 Å². The van der Waals surface area contributed by atoms with Crippen LogP contribution in [0.1, 0.15) is 33.5 Å². The van der Waals surface area contributed by atoms with Crippen molar-refractivity contribution in [3.63, 3.8) is 0 Å². The molecule has 1 heterocycles. The van der Waals surface area contributed by atoms with E-state index in [9.17, 15) is 0 Å². The maximum absolute atomic E-state index is 4.75. The molecule has 0 bridgehead atoms. The van der Waals surface area contributed by atoms with Crippen molar-refractivity contribution in [2.75, 3.05) is 0 Å². The van der Waals surface area contributed by atoms with E-state index in [1.54, 1.807) is 0 Å². The van der Waals surface area contributed by atoms with Crippen LogP contribution in [0.3, 0.4) is 0 Å². The Bertz CT molecular complexity index is 619. The molecule has 0 radical (unpaired) electrons. The molecule has 0 saturated heterocycles. The third-order valence-electron chi connectivity index (χ3n) is 4.03. The Morgan fingerprint density at radius 1 is 0.706 bits per heavy atom. The Kier molecular flexibility index (Phi) is 3.03.